The Kier molecular flexibility index (Phi) is 11.5. The molecular formula is C30H30N4O6S. The van der Waals surface area contributed by atoms with Gasteiger partial charge in [-0.3, -0.25) is 24.1 Å². The highest BCUT2D eigenvalue weighted by Gasteiger charge is 2.29. The molecule has 5 N–H and O–H groups in total. The van der Waals surface area contributed by atoms with Gasteiger partial charge in [0, 0.05) is 23.6 Å². The molecule has 0 saturated carbocycles. The van der Waals surface area contributed by atoms with E-state index in [9.17, 15) is 29.5 Å². The summed E-state index contributed by atoms with van der Waals surface area (Å²) in [5.74, 6) is -2.99. The first kappa shape index (κ1) is 30.9. The molecule has 0 fully saturated rings. The van der Waals surface area contributed by atoms with Gasteiger partial charge in [0.05, 0.1) is 11.6 Å². The Labute approximate surface area is 241 Å². The number of thioether (sulfide) groups is 1. The Hall–Kier alpha value is -4.66. The summed E-state index contributed by atoms with van der Waals surface area (Å²) in [6, 6.07) is 23.1. The largest absolute Gasteiger partial charge is 0.480 e. The average molecular weight is 575 g/mol. The molecule has 3 rings (SSSR count). The lowest BCUT2D eigenvalue weighted by molar-refractivity contribution is -0.139. The van der Waals surface area contributed by atoms with Gasteiger partial charge in [0.25, 0.3) is 5.91 Å². The maximum Gasteiger partial charge on any atom is 0.323 e. The van der Waals surface area contributed by atoms with Gasteiger partial charge in [-0.2, -0.15) is 17.0 Å². The highest BCUT2D eigenvalue weighted by Crippen LogP contribution is 2.25. The molecule has 0 unspecified atom stereocenters. The van der Waals surface area contributed by atoms with Crippen molar-refractivity contribution in [2.45, 2.75) is 30.7 Å². The van der Waals surface area contributed by atoms with Gasteiger partial charge in [-0.05, 0) is 41.3 Å². The van der Waals surface area contributed by atoms with E-state index in [1.807, 2.05) is 36.4 Å². The Balaban J connectivity index is 1.73. The van der Waals surface area contributed by atoms with Crippen LogP contribution in [0.5, 0.6) is 0 Å². The number of nitriles is 1. The molecule has 2 atom stereocenters. The Morgan fingerprint density at radius 1 is 0.951 bits per heavy atom. The minimum atomic E-state index is -1.24. The maximum atomic E-state index is 13.6. The summed E-state index contributed by atoms with van der Waals surface area (Å²) in [5, 5.41) is 30.4. The van der Waals surface area contributed by atoms with E-state index in [-0.39, 0.29) is 18.6 Å². The number of aliphatic carboxylic acids is 2. The summed E-state index contributed by atoms with van der Waals surface area (Å²) in [6.07, 6.45) is -0.328. The van der Waals surface area contributed by atoms with E-state index in [4.69, 9.17) is 10.8 Å². The summed E-state index contributed by atoms with van der Waals surface area (Å²) in [4.78, 5) is 49.9. The number of rotatable bonds is 14. The third-order valence-corrected chi connectivity index (χ3v) is 7.23. The highest BCUT2D eigenvalue weighted by molar-refractivity contribution is 7.98. The molecule has 3 aromatic rings. The third-order valence-electron chi connectivity index (χ3n) is 6.13. The van der Waals surface area contributed by atoms with Gasteiger partial charge >= 0.3 is 11.9 Å². The van der Waals surface area contributed by atoms with Crippen LogP contribution in [0.4, 0.5) is 5.69 Å². The second-order valence-corrected chi connectivity index (χ2v) is 10.2. The second-order valence-electron chi connectivity index (χ2n) is 9.13. The van der Waals surface area contributed by atoms with Crippen molar-refractivity contribution in [3.63, 3.8) is 0 Å². The molecule has 0 heterocycles. The molecule has 0 aliphatic carbocycles. The zero-order valence-corrected chi connectivity index (χ0v) is 22.9. The van der Waals surface area contributed by atoms with Gasteiger partial charge in [-0.15, -0.1) is 0 Å². The van der Waals surface area contributed by atoms with Crippen LogP contribution < -0.4 is 16.0 Å². The molecule has 11 heteroatoms. The summed E-state index contributed by atoms with van der Waals surface area (Å²) < 4.78 is 0. The molecular weight excluding hydrogens is 544 g/mol. The first-order chi connectivity index (χ1) is 19.7. The zero-order chi connectivity index (χ0) is 29.8. The van der Waals surface area contributed by atoms with Gasteiger partial charge in [-0.25, -0.2) is 0 Å². The fourth-order valence-corrected chi connectivity index (χ4v) is 4.99. The number of carbonyl (C=O) groups excluding carboxylic acids is 2. The van der Waals surface area contributed by atoms with Crippen molar-refractivity contribution in [3.05, 3.63) is 90.0 Å². The quantitative estimate of drug-likeness (QED) is 0.225. The van der Waals surface area contributed by atoms with Crippen molar-refractivity contribution in [2.75, 3.05) is 17.2 Å². The standard InChI is InChI=1S/C30H30N4O6S/c31-16-22-6-4-5-9-24(22)21-12-10-20(11-13-21)18-41-19-26(33-27(35)15-14-25(32)30(39)40)29(38)34(17-28(36)37)23-7-2-1-3-8-23/h1-13,25-26H,14-15,17-19,32H2,(H,33,35)(H,36,37)(H,39,40)/t25-,26-/m0/s1. The number of carboxylic acids is 2. The van der Waals surface area contributed by atoms with Crippen LogP contribution in [0.1, 0.15) is 24.0 Å². The normalized spacial score (nSPS) is 12.0. The fourth-order valence-electron chi connectivity index (χ4n) is 3.99. The molecule has 0 spiro atoms. The first-order valence-electron chi connectivity index (χ1n) is 12.7. The minimum Gasteiger partial charge on any atom is -0.480 e. The summed E-state index contributed by atoms with van der Waals surface area (Å²) in [7, 11) is 0. The predicted molar refractivity (Wildman–Crippen MR) is 156 cm³/mol. The average Bonchev–Trinajstić information content (AvgIpc) is 2.98. The number of nitrogens with two attached hydrogens (primary N) is 1. The van der Waals surface area contributed by atoms with Crippen LogP contribution in [0.2, 0.25) is 0 Å². The van der Waals surface area contributed by atoms with Crippen molar-refractivity contribution in [1.82, 2.24) is 5.32 Å². The molecule has 0 bridgehead atoms. The summed E-state index contributed by atoms with van der Waals surface area (Å²) in [6.45, 7) is -0.602. The van der Waals surface area contributed by atoms with Crippen LogP contribution in [-0.4, -0.2) is 58.3 Å². The molecule has 41 heavy (non-hydrogen) atoms. The number of nitrogens with zero attached hydrogens (tertiary/aromatic N) is 2. The number of nitrogens with one attached hydrogen (secondary N) is 1. The van der Waals surface area contributed by atoms with Gasteiger partial charge in [0.2, 0.25) is 5.91 Å². The van der Waals surface area contributed by atoms with E-state index >= 15 is 0 Å². The fraction of sp³-hybridized carbons (Fsp3) is 0.233. The topological polar surface area (TPSA) is 174 Å². The molecule has 10 nitrogen and oxygen atoms in total. The highest BCUT2D eigenvalue weighted by atomic mass is 32.2. The van der Waals surface area contributed by atoms with Gasteiger partial charge in [-0.1, -0.05) is 60.7 Å². The third kappa shape index (κ3) is 9.20. The van der Waals surface area contributed by atoms with Crippen molar-refractivity contribution >= 4 is 41.2 Å². The van der Waals surface area contributed by atoms with Crippen LogP contribution >= 0.6 is 11.8 Å². The molecule has 3 aromatic carbocycles. The number of carboxylic acid groups (broad SMARTS) is 2. The van der Waals surface area contributed by atoms with Crippen molar-refractivity contribution in [1.29, 1.82) is 5.26 Å². The molecule has 0 aromatic heterocycles. The van der Waals surface area contributed by atoms with Crippen LogP contribution in [0.15, 0.2) is 78.9 Å². The lowest BCUT2D eigenvalue weighted by Gasteiger charge is -2.27. The van der Waals surface area contributed by atoms with Crippen molar-refractivity contribution in [3.8, 4) is 17.2 Å². The SMILES string of the molecule is N#Cc1ccccc1-c1ccc(CSC[C@H](NC(=O)CC[C@H](N)C(=O)O)C(=O)N(CC(=O)O)c2ccccc2)cc1. The monoisotopic (exact) mass is 574 g/mol. The van der Waals surface area contributed by atoms with Crippen LogP contribution in [0.3, 0.4) is 0 Å². The van der Waals surface area contributed by atoms with E-state index in [0.29, 0.717) is 17.0 Å². The van der Waals surface area contributed by atoms with E-state index in [0.717, 1.165) is 21.6 Å². The Bertz CT molecular complexity index is 1410. The van der Waals surface area contributed by atoms with Crippen LogP contribution in [0, 0.1) is 11.3 Å². The number of amides is 2. The number of hydrogen-bond donors (Lipinski definition) is 4. The smallest absolute Gasteiger partial charge is 0.323 e. The van der Waals surface area contributed by atoms with E-state index in [1.54, 1.807) is 42.5 Å². The lowest BCUT2D eigenvalue weighted by atomic mass is 10.00. The maximum absolute atomic E-state index is 13.6. The lowest BCUT2D eigenvalue weighted by Crippen LogP contribution is -2.51. The Morgan fingerprint density at radius 2 is 1.61 bits per heavy atom. The van der Waals surface area contributed by atoms with E-state index < -0.39 is 42.4 Å². The van der Waals surface area contributed by atoms with Crippen molar-refractivity contribution < 1.29 is 29.4 Å². The van der Waals surface area contributed by atoms with Gasteiger partial charge in [0.1, 0.15) is 18.6 Å². The number of benzene rings is 3. The molecule has 0 aliphatic heterocycles. The molecule has 212 valence electrons. The number of carbonyl (C=O) groups is 4. The molecule has 0 aliphatic rings. The minimum absolute atomic E-state index is 0.117. The van der Waals surface area contributed by atoms with Gasteiger partial charge in [0.15, 0.2) is 0 Å². The summed E-state index contributed by atoms with van der Waals surface area (Å²) >= 11 is 1.37. The summed E-state index contributed by atoms with van der Waals surface area (Å²) in [5.41, 5.74) is 9.10. The van der Waals surface area contributed by atoms with Gasteiger partial charge < -0.3 is 21.3 Å². The molecule has 0 saturated heterocycles. The van der Waals surface area contributed by atoms with E-state index in [1.165, 1.54) is 11.8 Å². The Morgan fingerprint density at radius 3 is 2.24 bits per heavy atom. The van der Waals surface area contributed by atoms with Crippen LogP contribution in [0.25, 0.3) is 11.1 Å². The number of para-hydroxylation sites is 1. The molecule has 2 amide bonds. The van der Waals surface area contributed by atoms with Crippen molar-refractivity contribution in [2.24, 2.45) is 5.73 Å². The van der Waals surface area contributed by atoms with E-state index in [2.05, 4.69) is 11.4 Å². The first-order valence-corrected chi connectivity index (χ1v) is 13.9. The number of hydrogen-bond acceptors (Lipinski definition) is 7. The number of anilines is 1. The van der Waals surface area contributed by atoms with Crippen LogP contribution in [-0.2, 0) is 24.9 Å². The molecule has 0 radical (unpaired) electrons. The predicted octanol–water partition coefficient (Wildman–Crippen LogP) is 3.25. The zero-order valence-electron chi connectivity index (χ0n) is 22.1. The second kappa shape index (κ2) is 15.2.